The monoisotopic (exact) mass is 355 g/mol. The van der Waals surface area contributed by atoms with Crippen LogP contribution in [-0.2, 0) is 13.0 Å². The SMILES string of the molecule is CCCCc1c(C)c(C)c2c(c1-c1ccccc1)N2Cc1cccc(C)c1. The van der Waals surface area contributed by atoms with E-state index in [0.29, 0.717) is 0 Å². The maximum absolute atomic E-state index is 2.52. The third-order valence-corrected chi connectivity index (χ3v) is 5.89. The first-order valence-corrected chi connectivity index (χ1v) is 10.2. The Labute approximate surface area is 163 Å². The molecule has 0 fully saturated rings. The molecule has 0 saturated heterocycles. The first kappa shape index (κ1) is 17.9. The van der Waals surface area contributed by atoms with Gasteiger partial charge in [-0.15, -0.1) is 0 Å². The van der Waals surface area contributed by atoms with Gasteiger partial charge in [0.25, 0.3) is 0 Å². The van der Waals surface area contributed by atoms with Gasteiger partial charge in [-0.25, -0.2) is 0 Å². The molecule has 27 heavy (non-hydrogen) atoms. The highest BCUT2D eigenvalue weighted by Gasteiger charge is 2.37. The maximum atomic E-state index is 2.52. The number of anilines is 2. The molecular formula is C26H29N. The largest absolute Gasteiger partial charge is 0.333 e. The van der Waals surface area contributed by atoms with Crippen molar-refractivity contribution in [3.05, 3.63) is 82.4 Å². The first-order valence-electron chi connectivity index (χ1n) is 10.2. The average Bonchev–Trinajstić information content (AvgIpc) is 3.37. The quantitative estimate of drug-likeness (QED) is 0.420. The van der Waals surface area contributed by atoms with E-state index < -0.39 is 0 Å². The summed E-state index contributed by atoms with van der Waals surface area (Å²) in [7, 11) is 0. The van der Waals surface area contributed by atoms with Gasteiger partial charge in [-0.3, -0.25) is 0 Å². The summed E-state index contributed by atoms with van der Waals surface area (Å²) in [5, 5.41) is 0. The molecule has 0 spiro atoms. The summed E-state index contributed by atoms with van der Waals surface area (Å²) in [6.07, 6.45) is 3.65. The maximum Gasteiger partial charge on any atom is 0.0741 e. The topological polar surface area (TPSA) is 3.01 Å². The minimum atomic E-state index is 0.967. The van der Waals surface area contributed by atoms with Crippen molar-refractivity contribution < 1.29 is 0 Å². The molecule has 1 aliphatic rings. The van der Waals surface area contributed by atoms with Crippen LogP contribution in [0.5, 0.6) is 0 Å². The molecule has 3 aromatic carbocycles. The van der Waals surface area contributed by atoms with Crippen LogP contribution in [0.2, 0.25) is 0 Å². The molecule has 0 atom stereocenters. The Bertz CT molecular complexity index is 969. The van der Waals surface area contributed by atoms with E-state index in [1.54, 1.807) is 5.56 Å². The van der Waals surface area contributed by atoms with Crippen molar-refractivity contribution in [1.82, 2.24) is 0 Å². The second-order valence-electron chi connectivity index (χ2n) is 7.85. The molecule has 138 valence electrons. The van der Waals surface area contributed by atoms with Gasteiger partial charge in [-0.05, 0) is 61.4 Å². The zero-order valence-electron chi connectivity index (χ0n) is 17.0. The number of hydrogen-bond donors (Lipinski definition) is 0. The van der Waals surface area contributed by atoms with E-state index in [1.807, 2.05) is 0 Å². The first-order chi connectivity index (χ1) is 13.1. The van der Waals surface area contributed by atoms with Gasteiger partial charge in [0, 0.05) is 12.1 Å². The second kappa shape index (κ2) is 7.23. The van der Waals surface area contributed by atoms with Gasteiger partial charge < -0.3 is 4.90 Å². The van der Waals surface area contributed by atoms with Gasteiger partial charge >= 0.3 is 0 Å². The van der Waals surface area contributed by atoms with Gasteiger partial charge in [0.05, 0.1) is 11.4 Å². The van der Waals surface area contributed by atoms with Crippen molar-refractivity contribution >= 4 is 11.4 Å². The number of hydrogen-bond acceptors (Lipinski definition) is 1. The number of rotatable bonds is 6. The minimum Gasteiger partial charge on any atom is -0.333 e. The Balaban J connectivity index is 1.80. The van der Waals surface area contributed by atoms with Crippen LogP contribution in [0.4, 0.5) is 11.4 Å². The van der Waals surface area contributed by atoms with E-state index >= 15 is 0 Å². The van der Waals surface area contributed by atoms with Crippen LogP contribution in [0.3, 0.4) is 0 Å². The van der Waals surface area contributed by atoms with Crippen LogP contribution >= 0.6 is 0 Å². The Kier molecular flexibility index (Phi) is 4.78. The number of benzene rings is 3. The molecule has 1 nitrogen and oxygen atoms in total. The Morgan fingerprint density at radius 1 is 0.815 bits per heavy atom. The highest BCUT2D eigenvalue weighted by Crippen LogP contribution is 2.59. The van der Waals surface area contributed by atoms with Gasteiger partial charge in [0.1, 0.15) is 0 Å². The highest BCUT2D eigenvalue weighted by atomic mass is 15.3. The van der Waals surface area contributed by atoms with E-state index in [4.69, 9.17) is 0 Å². The zero-order chi connectivity index (χ0) is 19.0. The lowest BCUT2D eigenvalue weighted by Crippen LogP contribution is -2.00. The summed E-state index contributed by atoms with van der Waals surface area (Å²) in [5.74, 6) is 0. The predicted octanol–water partition coefficient (Wildman–Crippen LogP) is 7.27. The lowest BCUT2D eigenvalue weighted by molar-refractivity contribution is 0.792. The van der Waals surface area contributed by atoms with Crippen molar-refractivity contribution in [2.24, 2.45) is 0 Å². The third-order valence-electron chi connectivity index (χ3n) is 5.89. The van der Waals surface area contributed by atoms with Crippen molar-refractivity contribution in [3.63, 3.8) is 0 Å². The lowest BCUT2D eigenvalue weighted by Gasteiger charge is -2.13. The molecule has 0 unspecified atom stereocenters. The predicted molar refractivity (Wildman–Crippen MR) is 117 cm³/mol. The van der Waals surface area contributed by atoms with Gasteiger partial charge in [-0.2, -0.15) is 0 Å². The fraction of sp³-hybridized carbons (Fsp3) is 0.308. The molecule has 0 aliphatic carbocycles. The number of nitrogens with zero attached hydrogens (tertiary/aromatic N) is 1. The summed E-state index contributed by atoms with van der Waals surface area (Å²) >= 11 is 0. The van der Waals surface area contributed by atoms with Crippen LogP contribution in [0.25, 0.3) is 11.1 Å². The summed E-state index contributed by atoms with van der Waals surface area (Å²) in [5.41, 5.74) is 12.9. The van der Waals surface area contributed by atoms with Gasteiger partial charge in [0.15, 0.2) is 0 Å². The van der Waals surface area contributed by atoms with E-state index in [9.17, 15) is 0 Å². The smallest absolute Gasteiger partial charge is 0.0741 e. The van der Waals surface area contributed by atoms with E-state index in [-0.39, 0.29) is 0 Å². The fourth-order valence-electron chi connectivity index (χ4n) is 4.30. The van der Waals surface area contributed by atoms with Gasteiger partial charge in [-0.1, -0.05) is 73.5 Å². The molecule has 0 amide bonds. The average molecular weight is 356 g/mol. The second-order valence-corrected chi connectivity index (χ2v) is 7.85. The Hall–Kier alpha value is -2.54. The van der Waals surface area contributed by atoms with E-state index in [1.165, 1.54) is 64.0 Å². The van der Waals surface area contributed by atoms with Crippen LogP contribution in [0, 0.1) is 20.8 Å². The molecule has 0 bridgehead atoms. The van der Waals surface area contributed by atoms with Crippen LogP contribution in [-0.4, -0.2) is 0 Å². The molecule has 1 heterocycles. The van der Waals surface area contributed by atoms with Crippen LogP contribution < -0.4 is 4.90 Å². The Morgan fingerprint density at radius 3 is 2.30 bits per heavy atom. The number of fused-ring (bicyclic) bond motifs is 1. The van der Waals surface area contributed by atoms with Crippen LogP contribution in [0.15, 0.2) is 54.6 Å². The fourth-order valence-corrected chi connectivity index (χ4v) is 4.30. The van der Waals surface area contributed by atoms with Crippen molar-refractivity contribution in [2.45, 2.75) is 53.5 Å². The molecule has 4 rings (SSSR count). The lowest BCUT2D eigenvalue weighted by atomic mass is 9.90. The molecule has 0 radical (unpaired) electrons. The standard InChI is InChI=1S/C26H29N/c1-5-6-15-23-19(3)20(4)25-26(24(23)22-13-8-7-9-14-22)27(25)17-21-12-10-11-18(2)16-21/h7-14,16H,5-6,15,17H2,1-4H3. The molecule has 3 aromatic rings. The minimum absolute atomic E-state index is 0.967. The van der Waals surface area contributed by atoms with Crippen molar-refractivity contribution in [2.75, 3.05) is 4.90 Å². The summed E-state index contributed by atoms with van der Waals surface area (Å²) < 4.78 is 0. The number of aryl methyl sites for hydroxylation is 1. The molecule has 0 saturated carbocycles. The normalized spacial score (nSPS) is 12.2. The molecule has 1 heteroatoms. The molecular weight excluding hydrogens is 326 g/mol. The highest BCUT2D eigenvalue weighted by molar-refractivity contribution is 6.07. The molecule has 0 N–H and O–H groups in total. The van der Waals surface area contributed by atoms with Crippen molar-refractivity contribution in [3.8, 4) is 11.1 Å². The molecule has 0 aromatic heterocycles. The van der Waals surface area contributed by atoms with E-state index in [0.717, 1.165) is 6.54 Å². The zero-order valence-corrected chi connectivity index (χ0v) is 17.0. The van der Waals surface area contributed by atoms with Crippen LogP contribution in [0.1, 0.15) is 47.6 Å². The summed E-state index contributed by atoms with van der Waals surface area (Å²) in [6.45, 7) is 10.0. The van der Waals surface area contributed by atoms with Crippen molar-refractivity contribution in [1.29, 1.82) is 0 Å². The summed E-state index contributed by atoms with van der Waals surface area (Å²) in [6, 6.07) is 19.9. The molecule has 1 aliphatic heterocycles. The van der Waals surface area contributed by atoms with E-state index in [2.05, 4.69) is 87.2 Å². The number of unbranched alkanes of at least 4 members (excludes halogenated alkanes) is 1. The Morgan fingerprint density at radius 2 is 1.59 bits per heavy atom. The van der Waals surface area contributed by atoms with Gasteiger partial charge in [0.2, 0.25) is 0 Å². The summed E-state index contributed by atoms with van der Waals surface area (Å²) in [4.78, 5) is 2.52. The third kappa shape index (κ3) is 3.27.